The molecule has 0 aliphatic heterocycles. The zero-order chi connectivity index (χ0) is 15.1. The normalized spacial score (nSPS) is 14.7. The van der Waals surface area contributed by atoms with E-state index in [0.29, 0.717) is 6.42 Å². The topological polar surface area (TPSA) is 140 Å². The van der Waals surface area contributed by atoms with E-state index in [1.807, 2.05) is 0 Å². The Bertz CT molecular complexity index is 412. The Labute approximate surface area is 110 Å². The number of carbonyl (C=O) groups excluding carboxylic acids is 1. The molecule has 0 aromatic carbocycles. The van der Waals surface area contributed by atoms with Gasteiger partial charge < -0.3 is 19.4 Å². The van der Waals surface area contributed by atoms with Gasteiger partial charge in [-0.1, -0.05) is 6.58 Å². The van der Waals surface area contributed by atoms with Crippen LogP contribution in [0.2, 0.25) is 0 Å². The zero-order valence-corrected chi connectivity index (χ0v) is 12.0. The van der Waals surface area contributed by atoms with Crippen LogP contribution in [-0.2, 0) is 27.5 Å². The first kappa shape index (κ1) is 18.5. The maximum Gasteiger partial charge on any atom is 0.481 e. The molecule has 0 aliphatic rings. The summed E-state index contributed by atoms with van der Waals surface area (Å²) in [6, 6.07) is 0. The van der Waals surface area contributed by atoms with Gasteiger partial charge in [-0.3, -0.25) is 4.52 Å². The number of phosphoric ester groups is 1. The summed E-state index contributed by atoms with van der Waals surface area (Å²) >= 11 is 0. The highest BCUT2D eigenvalue weighted by atomic mass is 31.3. The molecular formula is C8H16O9P2. The van der Waals surface area contributed by atoms with Crippen LogP contribution in [0.1, 0.15) is 19.8 Å². The molecule has 0 amide bonds. The van der Waals surface area contributed by atoms with Gasteiger partial charge in [0.15, 0.2) is 0 Å². The van der Waals surface area contributed by atoms with Gasteiger partial charge in [0.1, 0.15) is 0 Å². The lowest BCUT2D eigenvalue weighted by molar-refractivity contribution is -0.139. The molecule has 19 heavy (non-hydrogen) atoms. The summed E-state index contributed by atoms with van der Waals surface area (Å²) in [5.41, 5.74) is 0.256. The molecule has 9 nitrogen and oxygen atoms in total. The zero-order valence-electron chi connectivity index (χ0n) is 10.2. The summed E-state index contributed by atoms with van der Waals surface area (Å²) in [5, 5.41) is 0. The van der Waals surface area contributed by atoms with Gasteiger partial charge in [0.25, 0.3) is 0 Å². The van der Waals surface area contributed by atoms with Gasteiger partial charge >= 0.3 is 21.6 Å². The summed E-state index contributed by atoms with van der Waals surface area (Å²) in [6.07, 6.45) is 0.577. The highest BCUT2D eigenvalue weighted by Gasteiger charge is 2.31. The molecule has 0 aliphatic carbocycles. The van der Waals surface area contributed by atoms with E-state index in [-0.39, 0.29) is 25.2 Å². The number of phosphoric acid groups is 2. The SMILES string of the molecule is C=C(C)C(=O)OCCCCOP(=O)(O)OP(=O)(O)O. The van der Waals surface area contributed by atoms with Crippen LogP contribution in [0, 0.1) is 0 Å². The van der Waals surface area contributed by atoms with E-state index in [4.69, 9.17) is 19.4 Å². The Hall–Kier alpha value is -0.530. The van der Waals surface area contributed by atoms with Crippen molar-refractivity contribution >= 4 is 21.6 Å². The number of ether oxygens (including phenoxy) is 1. The molecule has 1 atom stereocenters. The van der Waals surface area contributed by atoms with Gasteiger partial charge in [0, 0.05) is 5.57 Å². The third kappa shape index (κ3) is 11.0. The van der Waals surface area contributed by atoms with Crippen molar-refractivity contribution in [1.82, 2.24) is 0 Å². The first-order valence-electron chi connectivity index (χ1n) is 5.10. The van der Waals surface area contributed by atoms with Crippen molar-refractivity contribution in [3.05, 3.63) is 12.2 Å². The molecule has 0 radical (unpaired) electrons. The van der Waals surface area contributed by atoms with E-state index >= 15 is 0 Å². The number of hydrogen-bond donors (Lipinski definition) is 3. The largest absolute Gasteiger partial charge is 0.481 e. The van der Waals surface area contributed by atoms with E-state index in [1.165, 1.54) is 6.92 Å². The lowest BCUT2D eigenvalue weighted by Crippen LogP contribution is -2.07. The fourth-order valence-corrected chi connectivity index (χ4v) is 2.45. The van der Waals surface area contributed by atoms with Crippen LogP contribution in [0.4, 0.5) is 0 Å². The third-order valence-electron chi connectivity index (χ3n) is 1.58. The minimum atomic E-state index is -5.09. The number of hydrogen-bond acceptors (Lipinski definition) is 6. The monoisotopic (exact) mass is 318 g/mol. The highest BCUT2D eigenvalue weighted by Crippen LogP contribution is 2.57. The van der Waals surface area contributed by atoms with Gasteiger partial charge in [0.05, 0.1) is 13.2 Å². The minimum Gasteiger partial charge on any atom is -0.462 e. The molecule has 3 N–H and O–H groups in total. The Morgan fingerprint density at radius 3 is 2.16 bits per heavy atom. The summed E-state index contributed by atoms with van der Waals surface area (Å²) in [6.45, 7) is 4.66. The van der Waals surface area contributed by atoms with E-state index in [1.54, 1.807) is 0 Å². The second kappa shape index (κ2) is 7.91. The third-order valence-corrected chi connectivity index (χ3v) is 3.77. The van der Waals surface area contributed by atoms with E-state index < -0.39 is 21.6 Å². The lowest BCUT2D eigenvalue weighted by Gasteiger charge is -2.12. The van der Waals surface area contributed by atoms with Crippen LogP contribution < -0.4 is 0 Å². The molecule has 0 saturated carbocycles. The lowest BCUT2D eigenvalue weighted by atomic mass is 10.3. The maximum atomic E-state index is 11.0. The number of rotatable bonds is 9. The number of carbonyl (C=O) groups is 1. The van der Waals surface area contributed by atoms with Crippen molar-refractivity contribution < 1.29 is 42.2 Å². The fourth-order valence-electron chi connectivity index (χ4n) is 0.830. The number of esters is 1. The van der Waals surface area contributed by atoms with Crippen LogP contribution in [0.15, 0.2) is 12.2 Å². The van der Waals surface area contributed by atoms with Crippen molar-refractivity contribution in [1.29, 1.82) is 0 Å². The van der Waals surface area contributed by atoms with Crippen molar-refractivity contribution in [3.63, 3.8) is 0 Å². The molecule has 0 aromatic rings. The molecule has 0 fully saturated rings. The van der Waals surface area contributed by atoms with Gasteiger partial charge in [-0.25, -0.2) is 13.9 Å². The van der Waals surface area contributed by atoms with Crippen LogP contribution in [0.5, 0.6) is 0 Å². The average molecular weight is 318 g/mol. The summed E-state index contributed by atoms with van der Waals surface area (Å²) in [7, 11) is -9.87. The minimum absolute atomic E-state index is 0.0735. The molecule has 0 saturated heterocycles. The van der Waals surface area contributed by atoms with Crippen molar-refractivity contribution in [2.45, 2.75) is 19.8 Å². The second-order valence-electron chi connectivity index (χ2n) is 3.50. The molecular weight excluding hydrogens is 302 g/mol. The standard InChI is InChI=1S/C8H16O9P2/c1-7(2)8(9)15-5-3-4-6-16-19(13,14)17-18(10,11)12/h1,3-6H2,2H3,(H,13,14)(H2,10,11,12). The molecule has 0 spiro atoms. The van der Waals surface area contributed by atoms with Gasteiger partial charge in [-0.2, -0.15) is 4.31 Å². The maximum absolute atomic E-state index is 11.0. The molecule has 1 unspecified atom stereocenters. The summed E-state index contributed by atoms with van der Waals surface area (Å²) in [5.74, 6) is -0.543. The van der Waals surface area contributed by atoms with Crippen LogP contribution in [-0.4, -0.2) is 33.9 Å². The molecule has 0 heterocycles. The highest BCUT2D eigenvalue weighted by molar-refractivity contribution is 7.60. The number of unbranched alkanes of at least 4 members (excludes halogenated alkanes) is 1. The Morgan fingerprint density at radius 2 is 1.68 bits per heavy atom. The van der Waals surface area contributed by atoms with E-state index in [2.05, 4.69) is 15.4 Å². The summed E-state index contributed by atoms with van der Waals surface area (Å²) < 4.78 is 33.9. The smallest absolute Gasteiger partial charge is 0.462 e. The van der Waals surface area contributed by atoms with Crippen molar-refractivity contribution in [2.24, 2.45) is 0 Å². The molecule has 0 bridgehead atoms. The van der Waals surface area contributed by atoms with Crippen LogP contribution in [0.3, 0.4) is 0 Å². The quantitative estimate of drug-likeness (QED) is 0.247. The van der Waals surface area contributed by atoms with Crippen molar-refractivity contribution in [3.8, 4) is 0 Å². The predicted molar refractivity (Wildman–Crippen MR) is 63.9 cm³/mol. The van der Waals surface area contributed by atoms with Crippen LogP contribution >= 0.6 is 15.6 Å². The fraction of sp³-hybridized carbons (Fsp3) is 0.625. The Balaban J connectivity index is 3.75. The average Bonchev–Trinajstić information content (AvgIpc) is 2.18. The van der Waals surface area contributed by atoms with Crippen molar-refractivity contribution in [2.75, 3.05) is 13.2 Å². The second-order valence-corrected chi connectivity index (χ2v) is 6.33. The molecule has 0 rings (SSSR count). The Kier molecular flexibility index (Phi) is 7.69. The van der Waals surface area contributed by atoms with E-state index in [9.17, 15) is 13.9 Å². The summed E-state index contributed by atoms with van der Waals surface area (Å²) in [4.78, 5) is 36.5. The van der Waals surface area contributed by atoms with Gasteiger partial charge in [0.2, 0.25) is 0 Å². The Morgan fingerprint density at radius 1 is 1.16 bits per heavy atom. The first-order valence-corrected chi connectivity index (χ1v) is 8.13. The van der Waals surface area contributed by atoms with Gasteiger partial charge in [-0.05, 0) is 19.8 Å². The molecule has 0 aromatic heterocycles. The van der Waals surface area contributed by atoms with E-state index in [0.717, 1.165) is 0 Å². The molecule has 11 heteroatoms. The van der Waals surface area contributed by atoms with Gasteiger partial charge in [-0.15, -0.1) is 0 Å². The first-order chi connectivity index (χ1) is 8.53. The molecule has 112 valence electrons. The van der Waals surface area contributed by atoms with Crippen LogP contribution in [0.25, 0.3) is 0 Å². The predicted octanol–water partition coefficient (Wildman–Crippen LogP) is 1.11.